The summed E-state index contributed by atoms with van der Waals surface area (Å²) in [7, 11) is 0. The average molecular weight is 793 g/mol. The minimum atomic E-state index is -5.16. The third-order valence-electron chi connectivity index (χ3n) is 8.26. The molecule has 0 aromatic heterocycles. The number of ketones is 15. The molecule has 55 heavy (non-hydrogen) atoms. The summed E-state index contributed by atoms with van der Waals surface area (Å²) in [5, 5.41) is 0. The average Bonchev–Trinajstić information content (AvgIpc) is 2.99. The molecule has 22 heteroatoms. The zero-order valence-electron chi connectivity index (χ0n) is 30.8. The maximum atomic E-state index is 12.8. The lowest BCUT2D eigenvalue weighted by molar-refractivity contribution is -0.161. The third kappa shape index (κ3) is 9.76. The van der Waals surface area contributed by atoms with E-state index in [4.69, 9.17) is 0 Å². The number of carbonyl (C=O) groups excluding carboxylic acids is 18. The molecule has 0 rings (SSSR count). The van der Waals surface area contributed by atoms with Crippen molar-refractivity contribution in [1.29, 1.82) is 0 Å². The van der Waals surface area contributed by atoms with Crippen molar-refractivity contribution in [3.8, 4) is 0 Å². The number of rotatable bonds is 24. The quantitative estimate of drug-likeness (QED) is 0.0551. The van der Waals surface area contributed by atoms with Crippen LogP contribution in [0.15, 0.2) is 0 Å². The Morgan fingerprint density at radius 2 is 0.455 bits per heavy atom. The molecule has 0 aromatic carbocycles. The van der Waals surface area contributed by atoms with Gasteiger partial charge in [0.2, 0.25) is 33.6 Å². The molecule has 0 aliphatic carbocycles. The van der Waals surface area contributed by atoms with Gasteiger partial charge in [-0.1, -0.05) is 0 Å². The molecule has 0 radical (unpaired) electrons. The van der Waals surface area contributed by atoms with Crippen molar-refractivity contribution in [3.63, 3.8) is 0 Å². The SMILES string of the molecule is CC(=O)C(C(C)=O)(C(C)=O)C(=O)CC(=O)C(=O)[O][Al]([O]C(=O)C(=O)CC(=O)C(C(C)=O)(C(C)=O)C(C)=O)[O]C(=O)C(=O)CC(=O)C(C(C)=O)(C(C)=O)C(C)=O. The molecule has 0 N–H and O–H groups in total. The lowest BCUT2D eigenvalue weighted by Crippen LogP contribution is -2.51. The summed E-state index contributed by atoms with van der Waals surface area (Å²) in [5.74, 6) is -30.2. The topological polar surface area (TPSA) is 335 Å². The number of carbonyl (C=O) groups is 18. The lowest BCUT2D eigenvalue weighted by Gasteiger charge is -2.24. The van der Waals surface area contributed by atoms with Crippen molar-refractivity contribution >= 4 is 120 Å². The van der Waals surface area contributed by atoms with E-state index in [1.165, 1.54) is 0 Å². The van der Waals surface area contributed by atoms with E-state index in [9.17, 15) is 86.3 Å². The van der Waals surface area contributed by atoms with Crippen LogP contribution in [-0.2, 0) is 97.7 Å². The van der Waals surface area contributed by atoms with Crippen LogP contribution in [0.4, 0.5) is 0 Å². The Balaban J connectivity index is 6.77. The van der Waals surface area contributed by atoms with Crippen LogP contribution in [0.1, 0.15) is 81.6 Å². The van der Waals surface area contributed by atoms with Crippen molar-refractivity contribution in [1.82, 2.24) is 0 Å². The molecule has 0 bridgehead atoms. The van der Waals surface area contributed by atoms with Gasteiger partial charge < -0.3 is 11.4 Å². The van der Waals surface area contributed by atoms with Gasteiger partial charge in [0.25, 0.3) is 0 Å². The summed E-state index contributed by atoms with van der Waals surface area (Å²) >= 11 is -5.16. The largest absolute Gasteiger partial charge is 1.20 e. The van der Waals surface area contributed by atoms with Crippen LogP contribution in [-0.4, -0.2) is 120 Å². The maximum Gasteiger partial charge on any atom is 1.20 e. The van der Waals surface area contributed by atoms with Crippen LogP contribution in [0, 0.1) is 16.2 Å². The van der Waals surface area contributed by atoms with Crippen molar-refractivity contribution in [2.45, 2.75) is 81.6 Å². The Kier molecular flexibility index (Phi) is 16.8. The van der Waals surface area contributed by atoms with Crippen molar-refractivity contribution < 1.29 is 97.7 Å². The predicted molar refractivity (Wildman–Crippen MR) is 171 cm³/mol. The highest BCUT2D eigenvalue weighted by atomic mass is 27.3. The maximum absolute atomic E-state index is 12.8. The van der Waals surface area contributed by atoms with Gasteiger partial charge >= 0.3 is 33.1 Å². The second-order valence-corrected chi connectivity index (χ2v) is 13.1. The van der Waals surface area contributed by atoms with Crippen LogP contribution in [0.25, 0.3) is 0 Å². The van der Waals surface area contributed by atoms with Gasteiger partial charge in [0.05, 0.1) is 19.3 Å². The minimum absolute atomic E-state index is 0.648. The Hall–Kier alpha value is -6.01. The molecule has 0 saturated heterocycles. The van der Waals surface area contributed by atoms with Crippen LogP contribution >= 0.6 is 0 Å². The summed E-state index contributed by atoms with van der Waals surface area (Å²) in [6.45, 7) is 5.83. The number of hydrogen-bond acceptors (Lipinski definition) is 21. The number of Topliss-reactive ketones (excluding diaryl/α,β-unsaturated/α-hetero) is 15. The van der Waals surface area contributed by atoms with Crippen LogP contribution < -0.4 is 0 Å². The van der Waals surface area contributed by atoms with E-state index in [1.807, 2.05) is 0 Å². The summed E-state index contributed by atoms with van der Waals surface area (Å²) < 4.78 is 13.4. The van der Waals surface area contributed by atoms with E-state index < -0.39 is 155 Å². The molecule has 0 aromatic rings. The van der Waals surface area contributed by atoms with E-state index in [-0.39, 0.29) is 0 Å². The van der Waals surface area contributed by atoms with E-state index in [2.05, 4.69) is 11.4 Å². The van der Waals surface area contributed by atoms with Gasteiger partial charge in [-0.2, -0.15) is 0 Å². The minimum Gasteiger partial charge on any atom is -0.545 e. The molecule has 0 fully saturated rings. The first-order valence-electron chi connectivity index (χ1n) is 15.4. The Labute approximate surface area is 314 Å². The van der Waals surface area contributed by atoms with Crippen molar-refractivity contribution in [2.75, 3.05) is 0 Å². The summed E-state index contributed by atoms with van der Waals surface area (Å²) in [5.41, 5.74) is -9.14. The van der Waals surface area contributed by atoms with Gasteiger partial charge in [0.15, 0.2) is 69.4 Å². The summed E-state index contributed by atoms with van der Waals surface area (Å²) in [6.07, 6.45) is -5.18. The van der Waals surface area contributed by atoms with Gasteiger partial charge in [0.1, 0.15) is 0 Å². The second-order valence-electron chi connectivity index (χ2n) is 11.8. The zero-order chi connectivity index (χ0) is 43.7. The standard InChI is InChI=1S/3C11H12O7.Al/c3*1-5(12)11(6(2)13,7(3)14)9(16)4-8(15)10(17)18;/h3*4H2,1-3H3,(H,17,18);/q;;;+3/p-3. The summed E-state index contributed by atoms with van der Waals surface area (Å²) in [4.78, 5) is 224. The van der Waals surface area contributed by atoms with Crippen LogP contribution in [0.5, 0.6) is 0 Å². The smallest absolute Gasteiger partial charge is 0.545 e. The van der Waals surface area contributed by atoms with Gasteiger partial charge in [-0.15, -0.1) is 0 Å². The lowest BCUT2D eigenvalue weighted by atomic mass is 9.72. The molecular weight excluding hydrogens is 759 g/mol. The molecule has 0 spiro atoms. The third-order valence-corrected chi connectivity index (χ3v) is 9.48. The Bertz CT molecular complexity index is 1570. The Morgan fingerprint density at radius 3 is 0.582 bits per heavy atom. The molecular formula is C33H33AlO21. The molecule has 0 aliphatic heterocycles. The van der Waals surface area contributed by atoms with Crippen LogP contribution in [0.2, 0.25) is 0 Å². The van der Waals surface area contributed by atoms with E-state index >= 15 is 0 Å². The Morgan fingerprint density at radius 1 is 0.309 bits per heavy atom. The molecule has 0 amide bonds. The van der Waals surface area contributed by atoms with E-state index in [0.717, 1.165) is 0 Å². The first-order valence-corrected chi connectivity index (χ1v) is 16.8. The van der Waals surface area contributed by atoms with Crippen molar-refractivity contribution in [2.24, 2.45) is 16.2 Å². The van der Waals surface area contributed by atoms with Gasteiger partial charge in [0, 0.05) is 0 Å². The first-order chi connectivity index (χ1) is 25.0. The molecule has 294 valence electrons. The fourth-order valence-electron chi connectivity index (χ4n) is 5.58. The molecule has 0 aliphatic rings. The first kappa shape index (κ1) is 49.0. The zero-order valence-corrected chi connectivity index (χ0v) is 31.9. The van der Waals surface area contributed by atoms with Crippen LogP contribution in [0.3, 0.4) is 0 Å². The molecule has 21 nitrogen and oxygen atoms in total. The normalized spacial score (nSPS) is 11.1. The van der Waals surface area contributed by atoms with Crippen molar-refractivity contribution in [3.05, 3.63) is 0 Å². The van der Waals surface area contributed by atoms with Gasteiger partial charge in [-0.05, 0) is 62.3 Å². The fraction of sp³-hybridized carbons (Fsp3) is 0.455. The van der Waals surface area contributed by atoms with E-state index in [0.29, 0.717) is 62.3 Å². The summed E-state index contributed by atoms with van der Waals surface area (Å²) in [6, 6.07) is 0. The highest BCUT2D eigenvalue weighted by Crippen LogP contribution is 2.28. The van der Waals surface area contributed by atoms with E-state index in [1.54, 1.807) is 0 Å². The second kappa shape index (κ2) is 18.8. The molecule has 0 atom stereocenters. The number of hydrogen-bond donors (Lipinski definition) is 0. The molecule has 0 unspecified atom stereocenters. The fourth-order valence-corrected chi connectivity index (χ4v) is 6.64. The highest BCUT2D eigenvalue weighted by molar-refractivity contribution is 6.57. The van der Waals surface area contributed by atoms with Gasteiger partial charge in [-0.3, -0.25) is 71.9 Å². The predicted octanol–water partition coefficient (Wildman–Crippen LogP) is -2.55. The highest BCUT2D eigenvalue weighted by Gasteiger charge is 2.57. The van der Waals surface area contributed by atoms with Gasteiger partial charge in [-0.25, -0.2) is 14.4 Å². The monoisotopic (exact) mass is 792 g/mol. The molecule has 0 saturated carbocycles. The molecule has 0 heterocycles.